The van der Waals surface area contributed by atoms with Gasteiger partial charge in [-0.25, -0.2) is 0 Å². The molecule has 0 aromatic heterocycles. The number of hydrogen-bond donors (Lipinski definition) is 0. The molecule has 1 aromatic rings. The van der Waals surface area contributed by atoms with Crippen LogP contribution in [0.1, 0.15) is 5.56 Å². The highest BCUT2D eigenvalue weighted by atomic mass is 35.5. The second-order valence-corrected chi connectivity index (χ2v) is 4.54. The van der Waals surface area contributed by atoms with E-state index in [-0.39, 0.29) is 24.2 Å². The SMILES string of the molecule is O=C(CCl)N1CCN(Cc2ccccc2)CC1=O. The summed E-state index contributed by atoms with van der Waals surface area (Å²) in [6.07, 6.45) is 0. The molecule has 1 saturated heterocycles. The maximum absolute atomic E-state index is 11.8. The molecule has 1 aliphatic rings. The number of alkyl halides is 1. The lowest BCUT2D eigenvalue weighted by molar-refractivity contribution is -0.147. The Kier molecular flexibility index (Phi) is 4.33. The van der Waals surface area contributed by atoms with Gasteiger partial charge in [-0.3, -0.25) is 19.4 Å². The van der Waals surface area contributed by atoms with Crippen molar-refractivity contribution in [1.29, 1.82) is 0 Å². The first kappa shape index (κ1) is 13.1. The molecule has 0 radical (unpaired) electrons. The fraction of sp³-hybridized carbons (Fsp3) is 0.385. The molecule has 0 aliphatic carbocycles. The van der Waals surface area contributed by atoms with Crippen molar-refractivity contribution >= 4 is 23.4 Å². The van der Waals surface area contributed by atoms with Crippen molar-refractivity contribution in [3.63, 3.8) is 0 Å². The zero-order valence-corrected chi connectivity index (χ0v) is 10.8. The van der Waals surface area contributed by atoms with Gasteiger partial charge in [0.1, 0.15) is 5.88 Å². The number of nitrogens with zero attached hydrogens (tertiary/aromatic N) is 2. The third-order valence-corrected chi connectivity index (χ3v) is 3.19. The predicted molar refractivity (Wildman–Crippen MR) is 69.2 cm³/mol. The highest BCUT2D eigenvalue weighted by Gasteiger charge is 2.27. The summed E-state index contributed by atoms with van der Waals surface area (Å²) in [5.74, 6) is -0.603. The summed E-state index contributed by atoms with van der Waals surface area (Å²) in [5.41, 5.74) is 1.17. The van der Waals surface area contributed by atoms with Gasteiger partial charge in [0.15, 0.2) is 0 Å². The minimum Gasteiger partial charge on any atom is -0.288 e. The van der Waals surface area contributed by atoms with Crippen LogP contribution in [0.2, 0.25) is 0 Å². The second kappa shape index (κ2) is 5.98. The number of rotatable bonds is 3. The van der Waals surface area contributed by atoms with E-state index in [1.165, 1.54) is 10.5 Å². The lowest BCUT2D eigenvalue weighted by atomic mass is 10.2. The molecule has 0 spiro atoms. The highest BCUT2D eigenvalue weighted by Crippen LogP contribution is 2.09. The molecule has 0 saturated carbocycles. The van der Waals surface area contributed by atoms with E-state index in [0.29, 0.717) is 13.1 Å². The van der Waals surface area contributed by atoms with Crippen LogP contribution in [0.3, 0.4) is 0 Å². The summed E-state index contributed by atoms with van der Waals surface area (Å²) >= 11 is 5.46. The van der Waals surface area contributed by atoms with Crippen LogP contribution < -0.4 is 0 Å². The van der Waals surface area contributed by atoms with E-state index >= 15 is 0 Å². The smallest absolute Gasteiger partial charge is 0.244 e. The van der Waals surface area contributed by atoms with Gasteiger partial charge >= 0.3 is 0 Å². The molecule has 2 amide bonds. The van der Waals surface area contributed by atoms with Crippen LogP contribution in [-0.2, 0) is 16.1 Å². The summed E-state index contributed by atoms with van der Waals surface area (Å²) in [6.45, 7) is 2.13. The third-order valence-electron chi connectivity index (χ3n) is 2.96. The average molecular weight is 267 g/mol. The first-order valence-corrected chi connectivity index (χ1v) is 6.39. The Balaban J connectivity index is 1.93. The van der Waals surface area contributed by atoms with Crippen molar-refractivity contribution in [2.75, 3.05) is 25.5 Å². The maximum atomic E-state index is 11.8. The number of benzene rings is 1. The molecule has 0 N–H and O–H groups in total. The standard InChI is InChI=1S/C13H15ClN2O2/c14-8-12(17)16-7-6-15(10-13(16)18)9-11-4-2-1-3-5-11/h1-5H,6-10H2. The molecule has 5 heteroatoms. The van der Waals surface area contributed by atoms with Gasteiger partial charge in [0.05, 0.1) is 6.54 Å². The summed E-state index contributed by atoms with van der Waals surface area (Å²) in [5, 5.41) is 0. The maximum Gasteiger partial charge on any atom is 0.244 e. The summed E-state index contributed by atoms with van der Waals surface area (Å²) in [4.78, 5) is 26.5. The molecule has 1 aromatic carbocycles. The van der Waals surface area contributed by atoms with Crippen LogP contribution in [0.5, 0.6) is 0 Å². The Morgan fingerprint density at radius 3 is 2.56 bits per heavy atom. The fourth-order valence-electron chi connectivity index (χ4n) is 2.03. The van der Waals surface area contributed by atoms with Crippen molar-refractivity contribution in [3.8, 4) is 0 Å². The molecule has 4 nitrogen and oxygen atoms in total. The van der Waals surface area contributed by atoms with Crippen LogP contribution in [-0.4, -0.2) is 47.1 Å². The number of carbonyl (C=O) groups excluding carboxylic acids is 2. The van der Waals surface area contributed by atoms with Gasteiger partial charge < -0.3 is 0 Å². The molecule has 2 rings (SSSR count). The number of hydrogen-bond acceptors (Lipinski definition) is 3. The lowest BCUT2D eigenvalue weighted by Crippen LogP contribution is -2.52. The lowest BCUT2D eigenvalue weighted by Gasteiger charge is -2.32. The van der Waals surface area contributed by atoms with E-state index in [2.05, 4.69) is 0 Å². The molecular weight excluding hydrogens is 252 g/mol. The van der Waals surface area contributed by atoms with Crippen molar-refractivity contribution in [2.45, 2.75) is 6.54 Å². The van der Waals surface area contributed by atoms with Gasteiger partial charge in [-0.2, -0.15) is 0 Å². The average Bonchev–Trinajstić information content (AvgIpc) is 2.39. The molecule has 96 valence electrons. The monoisotopic (exact) mass is 266 g/mol. The van der Waals surface area contributed by atoms with Crippen molar-refractivity contribution < 1.29 is 9.59 Å². The highest BCUT2D eigenvalue weighted by molar-refractivity contribution is 6.28. The Labute approximate surface area is 111 Å². The molecular formula is C13H15ClN2O2. The quantitative estimate of drug-likeness (QED) is 0.769. The number of piperazine rings is 1. The zero-order valence-electron chi connectivity index (χ0n) is 10.0. The molecule has 0 atom stereocenters. The number of amides is 2. The summed E-state index contributed by atoms with van der Waals surface area (Å²) < 4.78 is 0. The summed E-state index contributed by atoms with van der Waals surface area (Å²) in [7, 11) is 0. The van der Waals surface area contributed by atoms with Gasteiger partial charge in [-0.1, -0.05) is 30.3 Å². The van der Waals surface area contributed by atoms with E-state index in [1.807, 2.05) is 35.2 Å². The number of imide groups is 1. The Hall–Kier alpha value is -1.39. The Morgan fingerprint density at radius 1 is 1.22 bits per heavy atom. The normalized spacial score (nSPS) is 16.9. The van der Waals surface area contributed by atoms with Gasteiger partial charge in [0.25, 0.3) is 0 Å². The van der Waals surface area contributed by atoms with Gasteiger partial charge in [0, 0.05) is 19.6 Å². The first-order chi connectivity index (χ1) is 8.70. The first-order valence-electron chi connectivity index (χ1n) is 5.86. The van der Waals surface area contributed by atoms with Crippen LogP contribution >= 0.6 is 11.6 Å². The Bertz CT molecular complexity index is 436. The topological polar surface area (TPSA) is 40.6 Å². The molecule has 1 aliphatic heterocycles. The zero-order chi connectivity index (χ0) is 13.0. The van der Waals surface area contributed by atoms with E-state index in [9.17, 15) is 9.59 Å². The van der Waals surface area contributed by atoms with E-state index in [4.69, 9.17) is 11.6 Å². The van der Waals surface area contributed by atoms with E-state index in [0.717, 1.165) is 6.54 Å². The van der Waals surface area contributed by atoms with Crippen molar-refractivity contribution in [1.82, 2.24) is 9.80 Å². The number of halogens is 1. The van der Waals surface area contributed by atoms with E-state index < -0.39 is 0 Å². The minimum absolute atomic E-state index is 0.134. The molecule has 18 heavy (non-hydrogen) atoms. The van der Waals surface area contributed by atoms with Gasteiger partial charge in [-0.15, -0.1) is 11.6 Å². The second-order valence-electron chi connectivity index (χ2n) is 4.27. The fourth-order valence-corrected chi connectivity index (χ4v) is 2.18. The molecule has 1 fully saturated rings. The Morgan fingerprint density at radius 2 is 1.94 bits per heavy atom. The van der Waals surface area contributed by atoms with Crippen LogP contribution in [0.4, 0.5) is 0 Å². The van der Waals surface area contributed by atoms with Gasteiger partial charge in [-0.05, 0) is 5.56 Å². The predicted octanol–water partition coefficient (Wildman–Crippen LogP) is 1.10. The van der Waals surface area contributed by atoms with Crippen LogP contribution in [0.15, 0.2) is 30.3 Å². The summed E-state index contributed by atoms with van der Waals surface area (Å²) in [6, 6.07) is 9.97. The van der Waals surface area contributed by atoms with Crippen LogP contribution in [0, 0.1) is 0 Å². The van der Waals surface area contributed by atoms with Crippen LogP contribution in [0.25, 0.3) is 0 Å². The number of carbonyl (C=O) groups is 2. The minimum atomic E-state index is -0.305. The molecule has 1 heterocycles. The third kappa shape index (κ3) is 3.09. The van der Waals surface area contributed by atoms with Gasteiger partial charge in [0.2, 0.25) is 11.8 Å². The molecule has 0 bridgehead atoms. The molecule has 0 unspecified atom stereocenters. The van der Waals surface area contributed by atoms with Crippen molar-refractivity contribution in [2.24, 2.45) is 0 Å². The van der Waals surface area contributed by atoms with E-state index in [1.54, 1.807) is 0 Å². The largest absolute Gasteiger partial charge is 0.288 e. The van der Waals surface area contributed by atoms with Crippen molar-refractivity contribution in [3.05, 3.63) is 35.9 Å².